The topological polar surface area (TPSA) is 112 Å². The molecule has 0 aliphatic carbocycles. The van der Waals surface area contributed by atoms with Crippen molar-refractivity contribution in [1.82, 2.24) is 24.7 Å². The molecule has 0 spiro atoms. The zero-order valence-corrected chi connectivity index (χ0v) is 16.5. The molecule has 0 bridgehead atoms. The van der Waals surface area contributed by atoms with Gasteiger partial charge in [0.25, 0.3) is 0 Å². The maximum atomic E-state index is 12.4. The highest BCUT2D eigenvalue weighted by Gasteiger charge is 2.27. The molecule has 1 aliphatic rings. The van der Waals surface area contributed by atoms with Crippen molar-refractivity contribution in [2.45, 2.75) is 19.9 Å². The Bertz CT molecular complexity index is 757. The maximum Gasteiger partial charge on any atom is 0.246 e. The summed E-state index contributed by atoms with van der Waals surface area (Å²) in [5, 5.41) is 7.11. The minimum Gasteiger partial charge on any atom is -0.355 e. The van der Waals surface area contributed by atoms with E-state index in [4.69, 9.17) is 0 Å². The number of aliphatic imine (C=N–C) groups is 1. The predicted octanol–water partition coefficient (Wildman–Crippen LogP) is -1.03. The zero-order valence-electron chi connectivity index (χ0n) is 15.6. The van der Waals surface area contributed by atoms with Crippen molar-refractivity contribution in [3.63, 3.8) is 0 Å². The first-order valence-corrected chi connectivity index (χ1v) is 10.1. The van der Waals surface area contributed by atoms with E-state index in [-0.39, 0.29) is 30.8 Å². The number of hydrogen-bond donors (Lipinski definition) is 2. The second-order valence-corrected chi connectivity index (χ2v) is 8.28. The Morgan fingerprint density at radius 3 is 2.65 bits per heavy atom. The number of guanidine groups is 1. The van der Waals surface area contributed by atoms with E-state index in [2.05, 4.69) is 20.1 Å². The number of carbonyl (C=O) groups is 1. The molecule has 1 saturated heterocycles. The fourth-order valence-corrected chi connectivity index (χ4v) is 3.93. The monoisotopic (exact) mass is 385 g/mol. The van der Waals surface area contributed by atoms with Crippen LogP contribution >= 0.6 is 0 Å². The molecular weight excluding hydrogens is 358 g/mol. The molecule has 2 rings (SSSR count). The van der Waals surface area contributed by atoms with Gasteiger partial charge in [0.1, 0.15) is 6.54 Å². The summed E-state index contributed by atoms with van der Waals surface area (Å²) in [4.78, 5) is 20.1. The van der Waals surface area contributed by atoms with E-state index in [1.165, 1.54) is 0 Å². The number of aryl methyl sites for hydroxylation is 1. The molecular formula is C15H27N7O3S. The number of carbonyl (C=O) groups excluding carboxylic acids is 1. The average molecular weight is 385 g/mol. The quantitative estimate of drug-likeness (QED) is 0.478. The second-order valence-electron chi connectivity index (χ2n) is 6.40. The zero-order chi connectivity index (χ0) is 19.3. The van der Waals surface area contributed by atoms with Crippen LogP contribution in [-0.4, -0.2) is 80.0 Å². The van der Waals surface area contributed by atoms with Crippen LogP contribution in [0.4, 0.5) is 5.69 Å². The molecule has 1 amide bonds. The summed E-state index contributed by atoms with van der Waals surface area (Å²) in [5.41, 5.74) is 0.769. The van der Waals surface area contributed by atoms with Crippen LogP contribution in [0.2, 0.25) is 0 Å². The summed E-state index contributed by atoms with van der Waals surface area (Å²) in [5.74, 6) is 0.401. The first kappa shape index (κ1) is 20.2. The van der Waals surface area contributed by atoms with Crippen LogP contribution in [0.25, 0.3) is 0 Å². The number of piperazine rings is 1. The SMILES string of the molecule is CN=C(NCCS(=O)(=O)NC(C)C)N1CCN(c2cnn(C)c2)C(=O)C1. The van der Waals surface area contributed by atoms with Gasteiger partial charge in [-0.15, -0.1) is 0 Å². The second kappa shape index (κ2) is 8.49. The molecule has 1 aromatic heterocycles. The van der Waals surface area contributed by atoms with E-state index in [1.807, 2.05) is 4.90 Å². The predicted molar refractivity (Wildman–Crippen MR) is 101 cm³/mol. The molecule has 0 saturated carbocycles. The Balaban J connectivity index is 1.89. The lowest BCUT2D eigenvalue weighted by atomic mass is 10.3. The first-order valence-electron chi connectivity index (χ1n) is 8.46. The number of amides is 1. The summed E-state index contributed by atoms with van der Waals surface area (Å²) in [6, 6.07) is -0.141. The highest BCUT2D eigenvalue weighted by Crippen LogP contribution is 2.15. The van der Waals surface area contributed by atoms with Gasteiger partial charge in [-0.1, -0.05) is 0 Å². The van der Waals surface area contributed by atoms with Crippen LogP contribution in [0.5, 0.6) is 0 Å². The van der Waals surface area contributed by atoms with Gasteiger partial charge in [0.05, 0.1) is 17.6 Å². The van der Waals surface area contributed by atoms with Crippen LogP contribution in [0.1, 0.15) is 13.8 Å². The van der Waals surface area contributed by atoms with Gasteiger partial charge >= 0.3 is 0 Å². The lowest BCUT2D eigenvalue weighted by Gasteiger charge is -2.35. The minimum atomic E-state index is -3.34. The first-order chi connectivity index (χ1) is 12.2. The Morgan fingerprint density at radius 2 is 2.12 bits per heavy atom. The number of anilines is 1. The van der Waals surface area contributed by atoms with E-state index in [9.17, 15) is 13.2 Å². The van der Waals surface area contributed by atoms with E-state index < -0.39 is 10.0 Å². The van der Waals surface area contributed by atoms with Crippen molar-refractivity contribution in [1.29, 1.82) is 0 Å². The van der Waals surface area contributed by atoms with E-state index >= 15 is 0 Å². The lowest BCUT2D eigenvalue weighted by Crippen LogP contribution is -2.55. The average Bonchev–Trinajstić information content (AvgIpc) is 2.96. The van der Waals surface area contributed by atoms with Gasteiger partial charge in [0.15, 0.2) is 5.96 Å². The Kier molecular flexibility index (Phi) is 6.59. The lowest BCUT2D eigenvalue weighted by molar-refractivity contribution is -0.120. The number of sulfonamides is 1. The molecule has 0 aromatic carbocycles. The number of nitrogens with one attached hydrogen (secondary N) is 2. The Labute approximate surface area is 154 Å². The van der Waals surface area contributed by atoms with Gasteiger partial charge in [0.2, 0.25) is 15.9 Å². The van der Waals surface area contributed by atoms with Crippen LogP contribution in [0.3, 0.4) is 0 Å². The molecule has 2 heterocycles. The molecule has 2 N–H and O–H groups in total. The normalized spacial score (nSPS) is 16.5. The van der Waals surface area contributed by atoms with E-state index in [0.29, 0.717) is 19.0 Å². The summed E-state index contributed by atoms with van der Waals surface area (Å²) in [6.45, 7) is 5.04. The van der Waals surface area contributed by atoms with Crippen molar-refractivity contribution in [3.8, 4) is 0 Å². The largest absolute Gasteiger partial charge is 0.355 e. The fraction of sp³-hybridized carbons (Fsp3) is 0.667. The summed E-state index contributed by atoms with van der Waals surface area (Å²) < 4.78 is 27.9. The molecule has 1 aliphatic heterocycles. The van der Waals surface area contributed by atoms with Crippen molar-refractivity contribution >= 4 is 27.6 Å². The summed E-state index contributed by atoms with van der Waals surface area (Å²) >= 11 is 0. The summed E-state index contributed by atoms with van der Waals surface area (Å²) in [6.07, 6.45) is 3.46. The Hall–Kier alpha value is -2.14. The van der Waals surface area contributed by atoms with Gasteiger partial charge in [-0.05, 0) is 13.8 Å². The van der Waals surface area contributed by atoms with Gasteiger partial charge < -0.3 is 15.1 Å². The fourth-order valence-electron chi connectivity index (χ4n) is 2.72. The molecule has 0 atom stereocenters. The third-order valence-corrected chi connectivity index (χ3v) is 5.38. The van der Waals surface area contributed by atoms with Gasteiger partial charge in [-0.2, -0.15) is 5.10 Å². The van der Waals surface area contributed by atoms with Gasteiger partial charge in [-0.3, -0.25) is 14.5 Å². The minimum absolute atomic E-state index is 0.0544. The number of aromatic nitrogens is 2. The van der Waals surface area contributed by atoms with Crippen LogP contribution in [0, 0.1) is 0 Å². The molecule has 26 heavy (non-hydrogen) atoms. The molecule has 1 aromatic rings. The molecule has 0 unspecified atom stereocenters. The highest BCUT2D eigenvalue weighted by molar-refractivity contribution is 7.89. The van der Waals surface area contributed by atoms with Crippen LogP contribution in [0.15, 0.2) is 17.4 Å². The molecule has 11 heteroatoms. The number of nitrogens with zero attached hydrogens (tertiary/aromatic N) is 5. The maximum absolute atomic E-state index is 12.4. The third kappa shape index (κ3) is 5.43. The van der Waals surface area contributed by atoms with Crippen molar-refractivity contribution < 1.29 is 13.2 Å². The molecule has 10 nitrogen and oxygen atoms in total. The number of hydrogen-bond acceptors (Lipinski definition) is 5. The van der Waals surface area contributed by atoms with Crippen molar-refractivity contribution in [3.05, 3.63) is 12.4 Å². The molecule has 0 radical (unpaired) electrons. The number of rotatable bonds is 6. The smallest absolute Gasteiger partial charge is 0.246 e. The third-order valence-electron chi connectivity index (χ3n) is 3.80. The van der Waals surface area contributed by atoms with E-state index in [0.717, 1.165) is 5.69 Å². The van der Waals surface area contributed by atoms with Crippen molar-refractivity contribution in [2.24, 2.45) is 12.0 Å². The van der Waals surface area contributed by atoms with Gasteiger partial charge in [-0.25, -0.2) is 13.1 Å². The summed E-state index contributed by atoms with van der Waals surface area (Å²) in [7, 11) is 0.0769. The van der Waals surface area contributed by atoms with Crippen LogP contribution < -0.4 is 14.9 Å². The van der Waals surface area contributed by atoms with Gasteiger partial charge in [0, 0.05) is 46.0 Å². The standard InChI is InChI=1S/C15H27N7O3S/c1-12(2)19-26(24,25)8-5-17-15(16-3)21-6-7-22(14(23)11-21)13-9-18-20(4)10-13/h9-10,12,19H,5-8,11H2,1-4H3,(H,16,17). The molecule has 1 fully saturated rings. The molecule has 146 valence electrons. The van der Waals surface area contributed by atoms with E-state index in [1.54, 1.807) is 49.9 Å². The highest BCUT2D eigenvalue weighted by atomic mass is 32.2. The van der Waals surface area contributed by atoms with Crippen LogP contribution in [-0.2, 0) is 21.9 Å². The van der Waals surface area contributed by atoms with Crippen molar-refractivity contribution in [2.75, 3.05) is 43.9 Å². The Morgan fingerprint density at radius 1 is 1.38 bits per heavy atom.